The Labute approximate surface area is 133 Å². The number of fused-ring (bicyclic) bond motifs is 1. The van der Waals surface area contributed by atoms with Gasteiger partial charge in [-0.1, -0.05) is 11.6 Å². The summed E-state index contributed by atoms with van der Waals surface area (Å²) in [4.78, 5) is 4.28. The van der Waals surface area contributed by atoms with E-state index in [1.807, 2.05) is 18.4 Å². The van der Waals surface area contributed by atoms with Crippen LogP contribution in [0.3, 0.4) is 0 Å². The van der Waals surface area contributed by atoms with Gasteiger partial charge in [0.1, 0.15) is 6.07 Å². The first-order valence-electron chi connectivity index (χ1n) is 6.54. The SMILES string of the molecule is CSCC(CCO)Nc1c(C#N)cnc2ccc(Cl)cc12. The summed E-state index contributed by atoms with van der Waals surface area (Å²) in [7, 11) is 0. The third-order valence-corrected chi connectivity index (χ3v) is 4.12. The van der Waals surface area contributed by atoms with Gasteiger partial charge in [0.05, 0.1) is 16.8 Å². The molecule has 1 aromatic carbocycles. The van der Waals surface area contributed by atoms with Crippen molar-refractivity contribution < 1.29 is 5.11 Å². The van der Waals surface area contributed by atoms with Crippen LogP contribution in [0.2, 0.25) is 5.02 Å². The van der Waals surface area contributed by atoms with Crippen LogP contribution in [0.15, 0.2) is 24.4 Å². The summed E-state index contributed by atoms with van der Waals surface area (Å²) in [6.45, 7) is 0.101. The molecule has 0 aliphatic carbocycles. The van der Waals surface area contributed by atoms with E-state index in [0.717, 1.165) is 22.3 Å². The van der Waals surface area contributed by atoms with Crippen molar-refractivity contribution in [2.24, 2.45) is 0 Å². The standard InChI is InChI=1S/C15H16ClN3OS/c1-21-9-12(4-5-20)19-15-10(7-17)8-18-14-3-2-11(16)6-13(14)15/h2-3,6,8,12,20H,4-5,9H2,1H3,(H,18,19). The molecule has 2 N–H and O–H groups in total. The molecular formula is C15H16ClN3OS. The molecule has 0 amide bonds. The number of aromatic nitrogens is 1. The van der Waals surface area contributed by atoms with Crippen molar-refractivity contribution in [3.8, 4) is 6.07 Å². The molecule has 0 fully saturated rings. The maximum Gasteiger partial charge on any atom is 0.103 e. The van der Waals surface area contributed by atoms with Gasteiger partial charge in [0.15, 0.2) is 0 Å². The van der Waals surface area contributed by atoms with E-state index in [2.05, 4.69) is 16.4 Å². The Morgan fingerprint density at radius 1 is 1.52 bits per heavy atom. The number of aliphatic hydroxyl groups is 1. The minimum Gasteiger partial charge on any atom is -0.396 e. The van der Waals surface area contributed by atoms with Crippen LogP contribution in [-0.2, 0) is 0 Å². The van der Waals surface area contributed by atoms with Crippen LogP contribution in [0.1, 0.15) is 12.0 Å². The van der Waals surface area contributed by atoms with Crippen LogP contribution in [0.25, 0.3) is 10.9 Å². The van der Waals surface area contributed by atoms with Gasteiger partial charge in [0.25, 0.3) is 0 Å². The van der Waals surface area contributed by atoms with Crippen molar-refractivity contribution >= 4 is 40.0 Å². The largest absolute Gasteiger partial charge is 0.396 e. The molecule has 21 heavy (non-hydrogen) atoms. The average Bonchev–Trinajstić information content (AvgIpc) is 2.48. The maximum atomic E-state index is 9.30. The van der Waals surface area contributed by atoms with Gasteiger partial charge in [-0.2, -0.15) is 17.0 Å². The number of nitrogens with one attached hydrogen (secondary N) is 1. The highest BCUT2D eigenvalue weighted by Crippen LogP contribution is 2.29. The summed E-state index contributed by atoms with van der Waals surface area (Å²) >= 11 is 7.76. The second kappa shape index (κ2) is 7.51. The Morgan fingerprint density at radius 2 is 2.33 bits per heavy atom. The van der Waals surface area contributed by atoms with Crippen molar-refractivity contribution in [2.45, 2.75) is 12.5 Å². The van der Waals surface area contributed by atoms with Crippen molar-refractivity contribution in [3.63, 3.8) is 0 Å². The van der Waals surface area contributed by atoms with E-state index in [-0.39, 0.29) is 12.6 Å². The predicted molar refractivity (Wildman–Crippen MR) is 89.0 cm³/mol. The van der Waals surface area contributed by atoms with Crippen LogP contribution in [0.5, 0.6) is 0 Å². The maximum absolute atomic E-state index is 9.30. The number of halogens is 1. The number of nitrogens with zero attached hydrogens (tertiary/aromatic N) is 2. The number of thioether (sulfide) groups is 1. The summed E-state index contributed by atoms with van der Waals surface area (Å²) in [6.07, 6.45) is 4.20. The minimum absolute atomic E-state index is 0.0849. The van der Waals surface area contributed by atoms with Crippen LogP contribution in [0, 0.1) is 11.3 Å². The third-order valence-electron chi connectivity index (χ3n) is 3.14. The lowest BCUT2D eigenvalue weighted by molar-refractivity contribution is 0.282. The topological polar surface area (TPSA) is 68.9 Å². The molecule has 0 saturated heterocycles. The number of aliphatic hydroxyl groups excluding tert-OH is 1. The zero-order valence-electron chi connectivity index (χ0n) is 11.6. The molecule has 1 atom stereocenters. The van der Waals surface area contributed by atoms with Crippen LogP contribution in [-0.4, -0.2) is 34.7 Å². The van der Waals surface area contributed by atoms with Gasteiger partial charge in [0.2, 0.25) is 0 Å². The van der Waals surface area contributed by atoms with Gasteiger partial charge in [-0.15, -0.1) is 0 Å². The third kappa shape index (κ3) is 3.79. The van der Waals surface area contributed by atoms with Gasteiger partial charge in [-0.05, 0) is 30.9 Å². The molecule has 0 bridgehead atoms. The van der Waals surface area contributed by atoms with Crippen molar-refractivity contribution in [3.05, 3.63) is 35.0 Å². The molecule has 2 aromatic rings. The monoisotopic (exact) mass is 321 g/mol. The highest BCUT2D eigenvalue weighted by atomic mass is 35.5. The van der Waals surface area contributed by atoms with Crippen LogP contribution in [0.4, 0.5) is 5.69 Å². The second-order valence-corrected chi connectivity index (χ2v) is 5.98. The van der Waals surface area contributed by atoms with E-state index in [1.165, 1.54) is 0 Å². The molecule has 0 spiro atoms. The Hall–Kier alpha value is -1.48. The normalized spacial score (nSPS) is 12.1. The van der Waals surface area contributed by atoms with E-state index < -0.39 is 0 Å². The molecule has 1 heterocycles. The minimum atomic E-state index is 0.0849. The number of anilines is 1. The lowest BCUT2D eigenvalue weighted by atomic mass is 10.1. The first kappa shape index (κ1) is 15.9. The van der Waals surface area contributed by atoms with E-state index in [4.69, 9.17) is 11.6 Å². The number of benzene rings is 1. The molecule has 0 aliphatic heterocycles. The van der Waals surface area contributed by atoms with E-state index >= 15 is 0 Å². The Balaban J connectivity index is 2.48. The molecule has 6 heteroatoms. The molecule has 1 unspecified atom stereocenters. The lowest BCUT2D eigenvalue weighted by Crippen LogP contribution is -2.24. The zero-order valence-corrected chi connectivity index (χ0v) is 13.2. The molecule has 4 nitrogen and oxygen atoms in total. The van der Waals surface area contributed by atoms with Crippen molar-refractivity contribution in [1.82, 2.24) is 4.98 Å². The summed E-state index contributed by atoms with van der Waals surface area (Å²) in [5, 5.41) is 23.3. The number of pyridine rings is 1. The van der Waals surface area contributed by atoms with Gasteiger partial charge in [-0.3, -0.25) is 4.98 Å². The molecule has 0 saturated carbocycles. The molecule has 1 aromatic heterocycles. The molecule has 0 radical (unpaired) electrons. The van der Waals surface area contributed by atoms with Gasteiger partial charge < -0.3 is 10.4 Å². The fourth-order valence-electron chi connectivity index (χ4n) is 2.16. The van der Waals surface area contributed by atoms with Gasteiger partial charge in [-0.25, -0.2) is 0 Å². The van der Waals surface area contributed by atoms with Crippen molar-refractivity contribution in [1.29, 1.82) is 5.26 Å². The second-order valence-electron chi connectivity index (χ2n) is 4.63. The lowest BCUT2D eigenvalue weighted by Gasteiger charge is -2.20. The van der Waals surface area contributed by atoms with Gasteiger partial charge in [0, 0.05) is 35.0 Å². The number of nitriles is 1. The quantitative estimate of drug-likeness (QED) is 0.854. The molecular weight excluding hydrogens is 306 g/mol. The first-order valence-corrected chi connectivity index (χ1v) is 8.31. The predicted octanol–water partition coefficient (Wildman–Crippen LogP) is 3.29. The highest BCUT2D eigenvalue weighted by Gasteiger charge is 2.14. The Kier molecular flexibility index (Phi) is 5.68. The molecule has 2 rings (SSSR count). The highest BCUT2D eigenvalue weighted by molar-refractivity contribution is 7.98. The number of hydrogen-bond acceptors (Lipinski definition) is 5. The summed E-state index contributed by atoms with van der Waals surface area (Å²) in [5.74, 6) is 0.843. The van der Waals surface area contributed by atoms with Crippen LogP contribution < -0.4 is 5.32 Å². The molecule has 110 valence electrons. The van der Waals surface area contributed by atoms with Crippen LogP contribution >= 0.6 is 23.4 Å². The van der Waals surface area contributed by atoms with E-state index in [0.29, 0.717) is 17.0 Å². The summed E-state index contributed by atoms with van der Waals surface area (Å²) in [5.41, 5.74) is 2.00. The smallest absolute Gasteiger partial charge is 0.103 e. The fourth-order valence-corrected chi connectivity index (χ4v) is 2.99. The first-order chi connectivity index (χ1) is 10.2. The zero-order chi connectivity index (χ0) is 15.2. The fraction of sp³-hybridized carbons (Fsp3) is 0.333. The van der Waals surface area contributed by atoms with Crippen molar-refractivity contribution in [2.75, 3.05) is 23.9 Å². The summed E-state index contributed by atoms with van der Waals surface area (Å²) in [6, 6.07) is 7.66. The summed E-state index contributed by atoms with van der Waals surface area (Å²) < 4.78 is 0. The average molecular weight is 322 g/mol. The van der Waals surface area contributed by atoms with Gasteiger partial charge >= 0.3 is 0 Å². The number of hydrogen-bond donors (Lipinski definition) is 2. The van der Waals surface area contributed by atoms with E-state index in [9.17, 15) is 10.4 Å². The Morgan fingerprint density at radius 3 is 3.00 bits per heavy atom. The molecule has 0 aliphatic rings. The Bertz CT molecular complexity index is 666. The number of rotatable bonds is 6. The van der Waals surface area contributed by atoms with E-state index in [1.54, 1.807) is 24.0 Å².